The Bertz CT molecular complexity index is 300. The Kier molecular flexibility index (Phi) is 2.77. The highest BCUT2D eigenvalue weighted by molar-refractivity contribution is 5.32. The molecule has 1 aromatic rings. The van der Waals surface area contributed by atoms with E-state index in [0.29, 0.717) is 0 Å². The van der Waals surface area contributed by atoms with Crippen LogP contribution >= 0.6 is 0 Å². The maximum absolute atomic E-state index is 5.42. The van der Waals surface area contributed by atoms with E-state index < -0.39 is 0 Å². The van der Waals surface area contributed by atoms with Gasteiger partial charge in [0.1, 0.15) is 0 Å². The molecular formula is C12H18O. The second kappa shape index (κ2) is 3.51. The molecule has 0 aliphatic rings. The van der Waals surface area contributed by atoms with Crippen LogP contribution in [0.25, 0.3) is 0 Å². The first-order chi connectivity index (χ1) is 5.97. The molecule has 13 heavy (non-hydrogen) atoms. The van der Waals surface area contributed by atoms with E-state index in [1.54, 1.807) is 7.11 Å². The summed E-state index contributed by atoms with van der Waals surface area (Å²) in [5.41, 5.74) is 3.70. The Morgan fingerprint density at radius 2 is 1.69 bits per heavy atom. The number of benzene rings is 1. The molecule has 0 unspecified atom stereocenters. The van der Waals surface area contributed by atoms with E-state index in [9.17, 15) is 0 Å². The molecular weight excluding hydrogens is 160 g/mol. The summed E-state index contributed by atoms with van der Waals surface area (Å²) in [4.78, 5) is 0. The summed E-state index contributed by atoms with van der Waals surface area (Å²) in [6.07, 6.45) is 0. The van der Waals surface area contributed by atoms with Gasteiger partial charge < -0.3 is 4.74 Å². The molecule has 0 spiro atoms. The van der Waals surface area contributed by atoms with Gasteiger partial charge in [0.2, 0.25) is 0 Å². The average Bonchev–Trinajstić information content (AvgIpc) is 2.09. The van der Waals surface area contributed by atoms with Crippen LogP contribution in [0.1, 0.15) is 30.5 Å². The van der Waals surface area contributed by atoms with Crippen molar-refractivity contribution in [1.29, 1.82) is 0 Å². The Labute approximate surface area is 80.7 Å². The van der Waals surface area contributed by atoms with Gasteiger partial charge in [0, 0.05) is 7.11 Å². The minimum atomic E-state index is -0.182. The quantitative estimate of drug-likeness (QED) is 0.675. The molecule has 0 N–H and O–H groups in total. The predicted molar refractivity (Wildman–Crippen MR) is 56.0 cm³/mol. The van der Waals surface area contributed by atoms with Crippen molar-refractivity contribution in [2.75, 3.05) is 7.11 Å². The third-order valence-corrected chi connectivity index (χ3v) is 2.71. The molecule has 0 amide bonds. The van der Waals surface area contributed by atoms with Crippen LogP contribution < -0.4 is 0 Å². The van der Waals surface area contributed by atoms with Crippen molar-refractivity contribution in [3.05, 3.63) is 34.9 Å². The van der Waals surface area contributed by atoms with Crippen molar-refractivity contribution in [1.82, 2.24) is 0 Å². The fourth-order valence-electron chi connectivity index (χ4n) is 1.23. The van der Waals surface area contributed by atoms with Gasteiger partial charge in [-0.05, 0) is 44.4 Å². The topological polar surface area (TPSA) is 9.23 Å². The second-order valence-corrected chi connectivity index (χ2v) is 4.01. The second-order valence-electron chi connectivity index (χ2n) is 4.01. The van der Waals surface area contributed by atoms with Crippen LogP contribution in [-0.2, 0) is 10.3 Å². The van der Waals surface area contributed by atoms with Crippen LogP contribution in [0, 0.1) is 13.8 Å². The highest BCUT2D eigenvalue weighted by atomic mass is 16.5. The molecule has 0 fully saturated rings. The van der Waals surface area contributed by atoms with Crippen molar-refractivity contribution in [3.63, 3.8) is 0 Å². The number of hydrogen-bond acceptors (Lipinski definition) is 1. The Hall–Kier alpha value is -0.820. The number of hydrogen-bond donors (Lipinski definition) is 0. The molecule has 0 saturated carbocycles. The van der Waals surface area contributed by atoms with Gasteiger partial charge in [0.05, 0.1) is 5.60 Å². The summed E-state index contributed by atoms with van der Waals surface area (Å²) < 4.78 is 5.42. The lowest BCUT2D eigenvalue weighted by Gasteiger charge is -2.24. The maximum atomic E-state index is 5.42. The number of aryl methyl sites for hydroxylation is 2. The summed E-state index contributed by atoms with van der Waals surface area (Å²) in [5.74, 6) is 0. The van der Waals surface area contributed by atoms with Gasteiger partial charge in [-0.25, -0.2) is 0 Å². The van der Waals surface area contributed by atoms with Gasteiger partial charge >= 0.3 is 0 Å². The van der Waals surface area contributed by atoms with Crippen molar-refractivity contribution >= 4 is 0 Å². The highest BCUT2D eigenvalue weighted by Crippen LogP contribution is 2.25. The smallest absolute Gasteiger partial charge is 0.0871 e. The average molecular weight is 178 g/mol. The third-order valence-electron chi connectivity index (χ3n) is 2.71. The predicted octanol–water partition coefficient (Wildman–Crippen LogP) is 3.18. The minimum Gasteiger partial charge on any atom is -0.374 e. The maximum Gasteiger partial charge on any atom is 0.0871 e. The van der Waals surface area contributed by atoms with Crippen LogP contribution in [-0.4, -0.2) is 7.11 Å². The van der Waals surface area contributed by atoms with Crippen molar-refractivity contribution < 1.29 is 4.74 Å². The van der Waals surface area contributed by atoms with E-state index in [-0.39, 0.29) is 5.60 Å². The normalized spacial score (nSPS) is 11.8. The van der Waals surface area contributed by atoms with Crippen LogP contribution in [0.5, 0.6) is 0 Å². The molecule has 0 aromatic heterocycles. The molecule has 1 heteroatoms. The molecule has 0 saturated heterocycles. The molecule has 72 valence electrons. The van der Waals surface area contributed by atoms with E-state index in [4.69, 9.17) is 4.74 Å². The summed E-state index contributed by atoms with van der Waals surface area (Å²) in [6, 6.07) is 6.47. The monoisotopic (exact) mass is 178 g/mol. The highest BCUT2D eigenvalue weighted by Gasteiger charge is 2.19. The standard InChI is InChI=1S/C12H18O/c1-9-6-7-11(8-10(9)2)12(3,4)13-5/h6-8H,1-5H3. The molecule has 1 aromatic carbocycles. The molecule has 1 rings (SSSR count). The van der Waals surface area contributed by atoms with E-state index >= 15 is 0 Å². The lowest BCUT2D eigenvalue weighted by atomic mass is 9.95. The van der Waals surface area contributed by atoms with E-state index in [0.717, 1.165) is 0 Å². The van der Waals surface area contributed by atoms with Crippen LogP contribution in [0.3, 0.4) is 0 Å². The van der Waals surface area contributed by atoms with E-state index in [1.807, 2.05) is 0 Å². The zero-order chi connectivity index (χ0) is 10.1. The van der Waals surface area contributed by atoms with Crippen LogP contribution in [0.2, 0.25) is 0 Å². The molecule has 0 radical (unpaired) electrons. The van der Waals surface area contributed by atoms with Crippen LogP contribution in [0.4, 0.5) is 0 Å². The van der Waals surface area contributed by atoms with Gasteiger partial charge in [-0.15, -0.1) is 0 Å². The Balaban J connectivity index is 3.10. The van der Waals surface area contributed by atoms with Crippen molar-refractivity contribution in [2.24, 2.45) is 0 Å². The fraction of sp³-hybridized carbons (Fsp3) is 0.500. The lowest BCUT2D eigenvalue weighted by Crippen LogP contribution is -2.19. The molecule has 0 aliphatic heterocycles. The third kappa shape index (κ3) is 2.10. The number of rotatable bonds is 2. The first-order valence-electron chi connectivity index (χ1n) is 4.60. The Morgan fingerprint density at radius 3 is 2.15 bits per heavy atom. The zero-order valence-corrected chi connectivity index (χ0v) is 9.14. The van der Waals surface area contributed by atoms with Gasteiger partial charge in [0.25, 0.3) is 0 Å². The molecule has 1 nitrogen and oxygen atoms in total. The Morgan fingerprint density at radius 1 is 1.08 bits per heavy atom. The van der Waals surface area contributed by atoms with Crippen molar-refractivity contribution in [2.45, 2.75) is 33.3 Å². The van der Waals surface area contributed by atoms with Gasteiger partial charge in [0.15, 0.2) is 0 Å². The molecule has 0 aliphatic carbocycles. The number of ether oxygens (including phenoxy) is 1. The first kappa shape index (κ1) is 10.3. The molecule has 0 bridgehead atoms. The summed E-state index contributed by atoms with van der Waals surface area (Å²) >= 11 is 0. The summed E-state index contributed by atoms with van der Waals surface area (Å²) in [6.45, 7) is 8.41. The minimum absolute atomic E-state index is 0.182. The zero-order valence-electron chi connectivity index (χ0n) is 9.14. The summed E-state index contributed by atoms with van der Waals surface area (Å²) in [5, 5.41) is 0. The molecule has 0 heterocycles. The summed E-state index contributed by atoms with van der Waals surface area (Å²) in [7, 11) is 1.75. The van der Waals surface area contributed by atoms with Crippen LogP contribution in [0.15, 0.2) is 18.2 Å². The fourth-order valence-corrected chi connectivity index (χ4v) is 1.23. The largest absolute Gasteiger partial charge is 0.374 e. The SMILES string of the molecule is COC(C)(C)c1ccc(C)c(C)c1. The first-order valence-corrected chi connectivity index (χ1v) is 4.60. The molecule has 0 atom stereocenters. The van der Waals surface area contributed by atoms with Gasteiger partial charge in [-0.2, -0.15) is 0 Å². The van der Waals surface area contributed by atoms with Gasteiger partial charge in [-0.3, -0.25) is 0 Å². The van der Waals surface area contributed by atoms with Gasteiger partial charge in [-0.1, -0.05) is 18.2 Å². The number of methoxy groups -OCH3 is 1. The van der Waals surface area contributed by atoms with E-state index in [2.05, 4.69) is 45.9 Å². The lowest BCUT2D eigenvalue weighted by molar-refractivity contribution is 0.0192. The van der Waals surface area contributed by atoms with Crippen molar-refractivity contribution in [3.8, 4) is 0 Å². The van der Waals surface area contributed by atoms with E-state index in [1.165, 1.54) is 16.7 Å².